The van der Waals surface area contributed by atoms with Gasteiger partial charge in [-0.05, 0) is 19.1 Å². The molecule has 8 heteroatoms. The molecule has 0 saturated heterocycles. The maximum atomic E-state index is 11.5. The molecule has 0 spiro atoms. The number of benzene rings is 1. The predicted molar refractivity (Wildman–Crippen MR) is 71.2 cm³/mol. The third kappa shape index (κ3) is 4.32. The zero-order valence-electron chi connectivity index (χ0n) is 10.9. The molecule has 0 aliphatic heterocycles. The van der Waals surface area contributed by atoms with Crippen LogP contribution in [0.2, 0.25) is 0 Å². The summed E-state index contributed by atoms with van der Waals surface area (Å²) in [5, 5.41) is 2.30. The van der Waals surface area contributed by atoms with Crippen LogP contribution in [0, 0.1) is 0 Å². The summed E-state index contributed by atoms with van der Waals surface area (Å²) < 4.78 is 35.3. The molecule has 0 aliphatic carbocycles. The molecule has 1 aromatic carbocycles. The molecule has 1 aromatic rings. The van der Waals surface area contributed by atoms with Crippen molar-refractivity contribution < 1.29 is 22.7 Å². The van der Waals surface area contributed by atoms with E-state index >= 15 is 0 Å². The van der Waals surface area contributed by atoms with Crippen LogP contribution in [0.25, 0.3) is 0 Å². The van der Waals surface area contributed by atoms with E-state index in [1.165, 1.54) is 39.3 Å². The Labute approximate surface area is 112 Å². The van der Waals surface area contributed by atoms with E-state index in [-0.39, 0.29) is 22.9 Å². The van der Waals surface area contributed by atoms with Crippen molar-refractivity contribution in [2.45, 2.75) is 6.92 Å². The molecule has 1 amide bonds. The van der Waals surface area contributed by atoms with Gasteiger partial charge in [0, 0.05) is 13.1 Å². The van der Waals surface area contributed by atoms with E-state index in [0.717, 1.165) is 0 Å². The Morgan fingerprint density at radius 1 is 1.37 bits per heavy atom. The van der Waals surface area contributed by atoms with Crippen molar-refractivity contribution in [3.8, 4) is 11.5 Å². The standard InChI is InChI=1S/C11H16N2O5S/c1-4-19(15,16)13-9-6-5-8(7-10(9)17-3)18-11(14)12-2/h5-7,13H,4H2,1-3H3,(H,12,14). The highest BCUT2D eigenvalue weighted by molar-refractivity contribution is 7.92. The largest absolute Gasteiger partial charge is 0.494 e. The first-order valence-corrected chi connectivity index (χ1v) is 7.15. The first kappa shape index (κ1) is 15.1. The van der Waals surface area contributed by atoms with Gasteiger partial charge in [0.2, 0.25) is 10.0 Å². The molecule has 0 radical (unpaired) electrons. The first-order valence-electron chi connectivity index (χ1n) is 5.50. The number of hydrogen-bond donors (Lipinski definition) is 2. The molecule has 19 heavy (non-hydrogen) atoms. The number of anilines is 1. The fourth-order valence-corrected chi connectivity index (χ4v) is 1.87. The molecule has 0 unspecified atom stereocenters. The maximum absolute atomic E-state index is 11.5. The van der Waals surface area contributed by atoms with E-state index in [1.807, 2.05) is 0 Å². The van der Waals surface area contributed by atoms with Crippen LogP contribution in [0.15, 0.2) is 18.2 Å². The number of sulfonamides is 1. The van der Waals surface area contributed by atoms with Gasteiger partial charge in [-0.15, -0.1) is 0 Å². The van der Waals surface area contributed by atoms with E-state index in [1.54, 1.807) is 0 Å². The van der Waals surface area contributed by atoms with E-state index in [0.29, 0.717) is 0 Å². The van der Waals surface area contributed by atoms with Crippen molar-refractivity contribution in [3.63, 3.8) is 0 Å². The second kappa shape index (κ2) is 6.28. The van der Waals surface area contributed by atoms with Gasteiger partial charge in [0.1, 0.15) is 11.5 Å². The topological polar surface area (TPSA) is 93.7 Å². The van der Waals surface area contributed by atoms with Gasteiger partial charge < -0.3 is 14.8 Å². The molecule has 0 fully saturated rings. The average molecular weight is 288 g/mol. The Morgan fingerprint density at radius 3 is 2.58 bits per heavy atom. The van der Waals surface area contributed by atoms with Crippen LogP contribution in [-0.2, 0) is 10.0 Å². The Hall–Kier alpha value is -1.96. The Balaban J connectivity index is 3.00. The number of hydrogen-bond acceptors (Lipinski definition) is 5. The number of nitrogens with one attached hydrogen (secondary N) is 2. The van der Waals surface area contributed by atoms with Crippen LogP contribution in [0.3, 0.4) is 0 Å². The van der Waals surface area contributed by atoms with Crippen LogP contribution in [0.5, 0.6) is 11.5 Å². The SMILES string of the molecule is CCS(=O)(=O)Nc1ccc(OC(=O)NC)cc1OC. The zero-order chi connectivity index (χ0) is 14.5. The second-order valence-electron chi connectivity index (χ2n) is 3.51. The fraction of sp³-hybridized carbons (Fsp3) is 0.364. The quantitative estimate of drug-likeness (QED) is 0.848. The summed E-state index contributed by atoms with van der Waals surface area (Å²) in [5.74, 6) is 0.459. The van der Waals surface area contributed by atoms with Crippen LogP contribution in [-0.4, -0.2) is 34.4 Å². The normalized spacial score (nSPS) is 10.7. The van der Waals surface area contributed by atoms with E-state index in [9.17, 15) is 13.2 Å². The Kier molecular flexibility index (Phi) is 4.99. The van der Waals surface area contributed by atoms with Crippen molar-refractivity contribution in [1.82, 2.24) is 5.32 Å². The average Bonchev–Trinajstić information content (AvgIpc) is 2.40. The lowest BCUT2D eigenvalue weighted by Crippen LogP contribution is -2.22. The Morgan fingerprint density at radius 2 is 2.05 bits per heavy atom. The molecule has 0 atom stereocenters. The molecule has 2 N–H and O–H groups in total. The molecule has 0 heterocycles. The minimum atomic E-state index is -3.40. The van der Waals surface area contributed by atoms with Gasteiger partial charge in [0.25, 0.3) is 0 Å². The van der Waals surface area contributed by atoms with Gasteiger partial charge >= 0.3 is 6.09 Å². The summed E-state index contributed by atoms with van der Waals surface area (Å²) in [5.41, 5.74) is 0.286. The molecule has 7 nitrogen and oxygen atoms in total. The third-order valence-corrected chi connectivity index (χ3v) is 3.52. The van der Waals surface area contributed by atoms with E-state index in [4.69, 9.17) is 9.47 Å². The highest BCUT2D eigenvalue weighted by atomic mass is 32.2. The molecular weight excluding hydrogens is 272 g/mol. The number of carbonyl (C=O) groups excluding carboxylic acids is 1. The van der Waals surface area contributed by atoms with Crippen molar-refractivity contribution in [3.05, 3.63) is 18.2 Å². The lowest BCUT2D eigenvalue weighted by Gasteiger charge is -2.12. The first-order chi connectivity index (χ1) is 8.91. The lowest BCUT2D eigenvalue weighted by molar-refractivity contribution is 0.203. The Bertz CT molecular complexity index is 556. The zero-order valence-corrected chi connectivity index (χ0v) is 11.7. The number of rotatable bonds is 5. The van der Waals surface area contributed by atoms with Gasteiger partial charge in [-0.1, -0.05) is 0 Å². The summed E-state index contributed by atoms with van der Waals surface area (Å²) in [7, 11) is -0.570. The molecular formula is C11H16N2O5S. The molecule has 0 aromatic heterocycles. The van der Waals surface area contributed by atoms with Gasteiger partial charge in [-0.3, -0.25) is 4.72 Å². The molecule has 0 aliphatic rings. The maximum Gasteiger partial charge on any atom is 0.412 e. The lowest BCUT2D eigenvalue weighted by atomic mass is 10.3. The molecule has 106 valence electrons. The smallest absolute Gasteiger partial charge is 0.412 e. The summed E-state index contributed by atoms with van der Waals surface area (Å²) >= 11 is 0. The number of methoxy groups -OCH3 is 1. The minimum absolute atomic E-state index is 0.0490. The fourth-order valence-electron chi connectivity index (χ4n) is 1.22. The summed E-state index contributed by atoms with van der Waals surface area (Å²) in [4.78, 5) is 11.1. The van der Waals surface area contributed by atoms with Crippen LogP contribution in [0.4, 0.5) is 10.5 Å². The summed E-state index contributed by atoms with van der Waals surface area (Å²) in [6, 6.07) is 4.35. The van der Waals surface area contributed by atoms with Gasteiger partial charge in [0.05, 0.1) is 18.6 Å². The van der Waals surface area contributed by atoms with Gasteiger partial charge in [0.15, 0.2) is 0 Å². The molecule has 0 saturated carbocycles. The minimum Gasteiger partial charge on any atom is -0.494 e. The predicted octanol–water partition coefficient (Wildman–Crippen LogP) is 1.18. The molecule has 1 rings (SSSR count). The van der Waals surface area contributed by atoms with E-state index in [2.05, 4.69) is 10.0 Å². The van der Waals surface area contributed by atoms with Crippen molar-refractivity contribution in [2.24, 2.45) is 0 Å². The number of ether oxygens (including phenoxy) is 2. The molecule has 0 bridgehead atoms. The highest BCUT2D eigenvalue weighted by Gasteiger charge is 2.13. The summed E-state index contributed by atoms with van der Waals surface area (Å²) in [6.45, 7) is 1.53. The number of carbonyl (C=O) groups is 1. The van der Waals surface area contributed by atoms with Crippen LogP contribution < -0.4 is 19.5 Å². The highest BCUT2D eigenvalue weighted by Crippen LogP contribution is 2.30. The summed E-state index contributed by atoms with van der Waals surface area (Å²) in [6.07, 6.45) is -0.621. The second-order valence-corrected chi connectivity index (χ2v) is 5.52. The van der Waals surface area contributed by atoms with Crippen molar-refractivity contribution >= 4 is 21.8 Å². The monoisotopic (exact) mass is 288 g/mol. The van der Waals surface area contributed by atoms with Gasteiger partial charge in [-0.25, -0.2) is 13.2 Å². The van der Waals surface area contributed by atoms with Crippen molar-refractivity contribution in [2.75, 3.05) is 24.6 Å². The van der Waals surface area contributed by atoms with Crippen LogP contribution >= 0.6 is 0 Å². The van der Waals surface area contributed by atoms with Crippen molar-refractivity contribution in [1.29, 1.82) is 0 Å². The van der Waals surface area contributed by atoms with Crippen LogP contribution in [0.1, 0.15) is 6.92 Å². The van der Waals surface area contributed by atoms with Gasteiger partial charge in [-0.2, -0.15) is 0 Å². The third-order valence-electron chi connectivity index (χ3n) is 2.23. The number of amides is 1. The van der Waals surface area contributed by atoms with E-state index < -0.39 is 16.1 Å².